The van der Waals surface area contributed by atoms with Crippen LogP contribution in [0.5, 0.6) is 5.75 Å². The van der Waals surface area contributed by atoms with E-state index in [2.05, 4.69) is 10.3 Å². The first-order chi connectivity index (χ1) is 12.3. The fraction of sp³-hybridized carbons (Fsp3) is 0.412. The highest BCUT2D eigenvalue weighted by atomic mass is 32.2. The Morgan fingerprint density at radius 2 is 2.12 bits per heavy atom. The highest BCUT2D eigenvalue weighted by Gasteiger charge is 2.17. The van der Waals surface area contributed by atoms with Crippen LogP contribution in [0, 0.1) is 5.82 Å². The minimum atomic E-state index is -3.43. The van der Waals surface area contributed by atoms with E-state index in [0.717, 1.165) is 24.2 Å². The number of nitrogens with zero attached hydrogens (tertiary/aromatic N) is 1. The second kappa shape index (κ2) is 9.09. The van der Waals surface area contributed by atoms with Crippen molar-refractivity contribution in [3.8, 4) is 17.0 Å². The molecule has 1 heterocycles. The first kappa shape index (κ1) is 20.3. The molecule has 0 fully saturated rings. The fourth-order valence-electron chi connectivity index (χ4n) is 2.29. The molecule has 0 spiro atoms. The number of methoxy groups -OCH3 is 1. The number of hydrogen-bond acceptors (Lipinski definition) is 6. The number of benzene rings is 1. The zero-order valence-electron chi connectivity index (χ0n) is 14.6. The molecule has 1 N–H and O–H groups in total. The number of nitrogens with one attached hydrogen (secondary N) is 1. The number of rotatable bonds is 9. The Bertz CT molecular complexity index is 865. The monoisotopic (exact) mass is 400 g/mol. The summed E-state index contributed by atoms with van der Waals surface area (Å²) < 4.78 is 42.4. The lowest BCUT2D eigenvalue weighted by molar-refractivity contribution is -0.113. The minimum Gasteiger partial charge on any atom is -0.494 e. The number of halogens is 1. The molecule has 0 unspecified atom stereocenters. The molecule has 142 valence electrons. The molecular formula is C17H21FN2O4S2. The number of aromatic nitrogens is 1. The van der Waals surface area contributed by atoms with E-state index < -0.39 is 27.3 Å². The maximum atomic E-state index is 13.8. The minimum absolute atomic E-state index is 0.00248. The lowest BCUT2D eigenvalue weighted by atomic mass is 10.1. The Hall–Kier alpha value is -2.00. The lowest BCUT2D eigenvalue weighted by Gasteiger charge is -2.04. The van der Waals surface area contributed by atoms with Crippen LogP contribution in [0.4, 0.5) is 9.52 Å². The van der Waals surface area contributed by atoms with E-state index in [4.69, 9.17) is 4.74 Å². The standard InChI is InChI=1S/C17H21FN2O4S2/c1-3-4-5-8-26(22,23)11-16(21)20-17-19-14(10-25-17)12-6-7-15(24-2)13(18)9-12/h6-7,9-10H,3-5,8,11H2,1-2H3,(H,19,20,21). The van der Waals surface area contributed by atoms with Crippen LogP contribution in [0.2, 0.25) is 0 Å². The molecule has 1 aromatic heterocycles. The summed E-state index contributed by atoms with van der Waals surface area (Å²) in [5, 5.41) is 4.41. The summed E-state index contributed by atoms with van der Waals surface area (Å²) >= 11 is 1.14. The summed E-state index contributed by atoms with van der Waals surface area (Å²) in [5.41, 5.74) is 1.02. The molecule has 2 rings (SSSR count). The molecular weight excluding hydrogens is 379 g/mol. The van der Waals surface area contributed by atoms with Crippen LogP contribution in [0.1, 0.15) is 26.2 Å². The predicted molar refractivity (Wildman–Crippen MR) is 101 cm³/mol. The van der Waals surface area contributed by atoms with Crippen molar-refractivity contribution in [1.82, 2.24) is 4.98 Å². The average molecular weight is 400 g/mol. The van der Waals surface area contributed by atoms with E-state index in [0.29, 0.717) is 17.7 Å². The summed E-state index contributed by atoms with van der Waals surface area (Å²) in [7, 11) is -2.05. The fourth-order valence-corrected chi connectivity index (χ4v) is 4.28. The van der Waals surface area contributed by atoms with Gasteiger partial charge in [-0.25, -0.2) is 17.8 Å². The number of amides is 1. The average Bonchev–Trinajstić information content (AvgIpc) is 3.02. The smallest absolute Gasteiger partial charge is 0.241 e. The molecule has 9 heteroatoms. The second-order valence-corrected chi connectivity index (χ2v) is 8.78. The van der Waals surface area contributed by atoms with E-state index in [9.17, 15) is 17.6 Å². The number of unbranched alkanes of at least 4 members (excludes halogenated alkanes) is 2. The van der Waals surface area contributed by atoms with Crippen LogP contribution in [-0.2, 0) is 14.6 Å². The molecule has 0 bridgehead atoms. The lowest BCUT2D eigenvalue weighted by Crippen LogP contribution is -2.24. The number of carbonyl (C=O) groups is 1. The van der Waals surface area contributed by atoms with Crippen LogP contribution in [0.3, 0.4) is 0 Å². The number of ether oxygens (including phenoxy) is 1. The van der Waals surface area contributed by atoms with Crippen LogP contribution >= 0.6 is 11.3 Å². The molecule has 1 aromatic carbocycles. The summed E-state index contributed by atoms with van der Waals surface area (Å²) in [4.78, 5) is 16.2. The van der Waals surface area contributed by atoms with Gasteiger partial charge in [0.2, 0.25) is 5.91 Å². The van der Waals surface area contributed by atoms with Gasteiger partial charge in [-0.15, -0.1) is 11.3 Å². The van der Waals surface area contributed by atoms with Crippen molar-refractivity contribution in [2.45, 2.75) is 26.2 Å². The normalized spacial score (nSPS) is 11.3. The number of anilines is 1. The van der Waals surface area contributed by atoms with Crippen molar-refractivity contribution in [3.63, 3.8) is 0 Å². The highest BCUT2D eigenvalue weighted by Crippen LogP contribution is 2.28. The molecule has 6 nitrogen and oxygen atoms in total. The third-order valence-corrected chi connectivity index (χ3v) is 5.98. The van der Waals surface area contributed by atoms with Crippen LogP contribution < -0.4 is 10.1 Å². The summed E-state index contributed by atoms with van der Waals surface area (Å²) in [5.74, 6) is -1.57. The Morgan fingerprint density at radius 3 is 2.77 bits per heavy atom. The highest BCUT2D eigenvalue weighted by molar-refractivity contribution is 7.92. The van der Waals surface area contributed by atoms with Gasteiger partial charge >= 0.3 is 0 Å². The molecule has 0 aliphatic carbocycles. The summed E-state index contributed by atoms with van der Waals surface area (Å²) in [6, 6.07) is 4.43. The summed E-state index contributed by atoms with van der Waals surface area (Å²) in [6.07, 6.45) is 2.28. The van der Waals surface area contributed by atoms with Gasteiger partial charge in [0, 0.05) is 10.9 Å². The van der Waals surface area contributed by atoms with Crippen molar-refractivity contribution in [3.05, 3.63) is 29.4 Å². The van der Waals surface area contributed by atoms with Gasteiger partial charge in [-0.1, -0.05) is 19.8 Å². The van der Waals surface area contributed by atoms with Crippen molar-refractivity contribution in [1.29, 1.82) is 0 Å². The van der Waals surface area contributed by atoms with E-state index >= 15 is 0 Å². The molecule has 0 aliphatic heterocycles. The zero-order chi connectivity index (χ0) is 19.2. The van der Waals surface area contributed by atoms with Crippen LogP contribution in [-0.4, -0.2) is 37.9 Å². The van der Waals surface area contributed by atoms with Gasteiger partial charge in [0.1, 0.15) is 5.75 Å². The van der Waals surface area contributed by atoms with Crippen LogP contribution in [0.15, 0.2) is 23.6 Å². The topological polar surface area (TPSA) is 85.4 Å². The van der Waals surface area contributed by atoms with Gasteiger partial charge in [0.25, 0.3) is 0 Å². The van der Waals surface area contributed by atoms with Crippen molar-refractivity contribution in [2.24, 2.45) is 0 Å². The van der Waals surface area contributed by atoms with Crippen LogP contribution in [0.25, 0.3) is 11.3 Å². The van der Waals surface area contributed by atoms with E-state index in [1.165, 1.54) is 19.2 Å². The quantitative estimate of drug-likeness (QED) is 0.651. The van der Waals surface area contributed by atoms with Gasteiger partial charge in [-0.2, -0.15) is 0 Å². The van der Waals surface area contributed by atoms with Gasteiger partial charge in [-0.3, -0.25) is 4.79 Å². The molecule has 0 atom stereocenters. The van der Waals surface area contributed by atoms with Crippen molar-refractivity contribution >= 4 is 32.2 Å². The molecule has 2 aromatic rings. The number of sulfone groups is 1. The molecule has 0 radical (unpaired) electrons. The maximum Gasteiger partial charge on any atom is 0.241 e. The third-order valence-electron chi connectivity index (χ3n) is 3.61. The zero-order valence-corrected chi connectivity index (χ0v) is 16.3. The Balaban J connectivity index is 1.99. The number of thiazole rings is 1. The van der Waals surface area contributed by atoms with Crippen molar-refractivity contribution in [2.75, 3.05) is 23.9 Å². The van der Waals surface area contributed by atoms with E-state index in [-0.39, 0.29) is 16.6 Å². The predicted octanol–water partition coefficient (Wildman–Crippen LogP) is 3.50. The second-order valence-electron chi connectivity index (χ2n) is 5.73. The SMILES string of the molecule is CCCCCS(=O)(=O)CC(=O)Nc1nc(-c2ccc(OC)c(F)c2)cs1. The largest absolute Gasteiger partial charge is 0.494 e. The van der Waals surface area contributed by atoms with Gasteiger partial charge in [0.05, 0.1) is 18.6 Å². The first-order valence-electron chi connectivity index (χ1n) is 8.14. The first-order valence-corrected chi connectivity index (χ1v) is 10.8. The molecule has 0 aliphatic rings. The van der Waals surface area contributed by atoms with Gasteiger partial charge < -0.3 is 10.1 Å². The number of hydrogen-bond donors (Lipinski definition) is 1. The van der Waals surface area contributed by atoms with E-state index in [1.54, 1.807) is 11.4 Å². The Labute approximate surface area is 156 Å². The molecule has 26 heavy (non-hydrogen) atoms. The maximum absolute atomic E-state index is 13.8. The molecule has 1 amide bonds. The third kappa shape index (κ3) is 5.77. The van der Waals surface area contributed by atoms with E-state index in [1.807, 2.05) is 6.92 Å². The Morgan fingerprint density at radius 1 is 1.35 bits per heavy atom. The Kier molecular flexibility index (Phi) is 7.10. The molecule has 0 saturated carbocycles. The molecule has 0 saturated heterocycles. The van der Waals surface area contributed by atoms with Gasteiger partial charge in [-0.05, 0) is 24.6 Å². The van der Waals surface area contributed by atoms with Gasteiger partial charge in [0.15, 0.2) is 26.5 Å². The van der Waals surface area contributed by atoms with Crippen molar-refractivity contribution < 1.29 is 22.3 Å². The summed E-state index contributed by atoms with van der Waals surface area (Å²) in [6.45, 7) is 1.98. The number of carbonyl (C=O) groups excluding carboxylic acids is 1.